The maximum absolute atomic E-state index is 5.36. The number of hydrogen-bond acceptors (Lipinski definition) is 2. The highest BCUT2D eigenvalue weighted by molar-refractivity contribution is 5.32. The van der Waals surface area contributed by atoms with Gasteiger partial charge in [-0.15, -0.1) is 0 Å². The molecule has 1 aliphatic carbocycles. The van der Waals surface area contributed by atoms with Crippen LogP contribution in [-0.4, -0.2) is 0 Å². The molecule has 0 aromatic carbocycles. The van der Waals surface area contributed by atoms with Crippen LogP contribution in [0.3, 0.4) is 0 Å². The quantitative estimate of drug-likeness (QED) is 0.429. The van der Waals surface area contributed by atoms with Gasteiger partial charge < -0.3 is 11.5 Å². The van der Waals surface area contributed by atoms with Gasteiger partial charge in [-0.25, -0.2) is 0 Å². The lowest BCUT2D eigenvalue weighted by atomic mass is 10.2. The minimum absolute atomic E-state index is 0.588. The van der Waals surface area contributed by atoms with Crippen molar-refractivity contribution in [2.24, 2.45) is 11.5 Å². The van der Waals surface area contributed by atoms with Crippen molar-refractivity contribution in [2.75, 3.05) is 0 Å². The van der Waals surface area contributed by atoms with Gasteiger partial charge in [0, 0.05) is 0 Å². The van der Waals surface area contributed by atoms with Gasteiger partial charge in [-0.3, -0.25) is 0 Å². The Labute approximate surface area is 48.2 Å². The summed E-state index contributed by atoms with van der Waals surface area (Å²) >= 11 is 0. The largest absolute Gasteiger partial charge is 0.377 e. The molecule has 0 unspecified atom stereocenters. The second kappa shape index (κ2) is 1.68. The van der Waals surface area contributed by atoms with Gasteiger partial charge in [-0.1, -0.05) is 0 Å². The molecule has 0 atom stereocenters. The van der Waals surface area contributed by atoms with Crippen molar-refractivity contribution in [3.8, 4) is 0 Å². The second-order valence-corrected chi connectivity index (χ2v) is 1.58. The maximum atomic E-state index is 5.36. The maximum Gasteiger partial charge on any atom is 0.202 e. The Balaban J connectivity index is 2.89. The Hall–Kier alpha value is -1.27. The van der Waals surface area contributed by atoms with E-state index in [1.807, 2.05) is 0 Å². The van der Waals surface area contributed by atoms with Gasteiger partial charge in [-0.05, 0) is 0 Å². The molecule has 0 aromatic heterocycles. The topological polar surface area (TPSA) is 52.0 Å². The van der Waals surface area contributed by atoms with Crippen LogP contribution in [0.1, 0.15) is 0 Å². The predicted octanol–water partition coefficient (Wildman–Crippen LogP) is 0.0446. The van der Waals surface area contributed by atoms with Gasteiger partial charge in [0.1, 0.15) is 11.8 Å². The van der Waals surface area contributed by atoms with E-state index in [-0.39, 0.29) is 0 Å². The lowest BCUT2D eigenvalue weighted by molar-refractivity contribution is 1.30. The third kappa shape index (κ3) is 0.863. The van der Waals surface area contributed by atoms with Crippen molar-refractivity contribution in [3.05, 3.63) is 35.7 Å². The molecule has 0 heterocycles. The van der Waals surface area contributed by atoms with E-state index in [0.717, 1.165) is 0 Å². The predicted molar refractivity (Wildman–Crippen MR) is 32.4 cm³/mol. The minimum Gasteiger partial charge on any atom is -0.377 e. The molecule has 1 aliphatic rings. The average molecular weight is 107 g/mol. The Kier molecular flexibility index (Phi) is 1.03. The standard InChI is InChI=1S/C6H7N2/c7-5-2-1-3-6(8)4-5/h1-2,4H,7-8H2/q+1. The van der Waals surface area contributed by atoms with E-state index in [0.29, 0.717) is 11.4 Å². The normalized spacial score (nSPS) is 16.5. The molecule has 0 aromatic rings. The summed E-state index contributed by atoms with van der Waals surface area (Å²) in [5, 5.41) is 0. The third-order valence-electron chi connectivity index (χ3n) is 0.848. The van der Waals surface area contributed by atoms with E-state index < -0.39 is 0 Å². The fraction of sp³-hybridized carbons (Fsp3) is 0. The van der Waals surface area contributed by atoms with Crippen molar-refractivity contribution in [1.29, 1.82) is 0 Å². The van der Waals surface area contributed by atoms with Gasteiger partial charge >= 0.3 is 0 Å². The van der Waals surface area contributed by atoms with Crippen molar-refractivity contribution in [2.45, 2.75) is 0 Å². The smallest absolute Gasteiger partial charge is 0.202 e. The van der Waals surface area contributed by atoms with Crippen LogP contribution >= 0.6 is 0 Å². The van der Waals surface area contributed by atoms with E-state index >= 15 is 0 Å². The summed E-state index contributed by atoms with van der Waals surface area (Å²) in [7, 11) is 0. The van der Waals surface area contributed by atoms with Gasteiger partial charge in [0.05, 0.1) is 18.2 Å². The van der Waals surface area contributed by atoms with Crippen molar-refractivity contribution >= 4 is 0 Å². The van der Waals surface area contributed by atoms with Gasteiger partial charge in [0.15, 0.2) is 0 Å². The molecule has 4 N–H and O–H groups in total. The van der Waals surface area contributed by atoms with Crippen molar-refractivity contribution in [1.82, 2.24) is 0 Å². The van der Waals surface area contributed by atoms with Crippen LogP contribution in [-0.2, 0) is 0 Å². The molecule has 0 saturated heterocycles. The molecule has 1 rings (SSSR count). The van der Waals surface area contributed by atoms with Crippen LogP contribution in [0.5, 0.6) is 0 Å². The first-order valence-electron chi connectivity index (χ1n) is 2.32. The molecule has 0 spiro atoms. The van der Waals surface area contributed by atoms with Crippen LogP contribution in [0.4, 0.5) is 0 Å². The second-order valence-electron chi connectivity index (χ2n) is 1.58. The molecule has 0 aliphatic heterocycles. The van der Waals surface area contributed by atoms with Crippen molar-refractivity contribution < 1.29 is 0 Å². The van der Waals surface area contributed by atoms with E-state index in [9.17, 15) is 0 Å². The zero-order valence-electron chi connectivity index (χ0n) is 4.39. The molecule has 0 fully saturated rings. The van der Waals surface area contributed by atoms with Crippen LogP contribution in [0.15, 0.2) is 29.6 Å². The summed E-state index contributed by atoms with van der Waals surface area (Å²) in [6, 6.07) is 0. The molecule has 0 radical (unpaired) electrons. The van der Waals surface area contributed by atoms with Gasteiger partial charge in [-0.2, -0.15) is 0 Å². The Morgan fingerprint density at radius 2 is 2.12 bits per heavy atom. The van der Waals surface area contributed by atoms with E-state index in [2.05, 4.69) is 6.08 Å². The number of allylic oxidation sites excluding steroid dienone is 4. The van der Waals surface area contributed by atoms with E-state index in [4.69, 9.17) is 11.5 Å². The van der Waals surface area contributed by atoms with Gasteiger partial charge in [0.25, 0.3) is 0 Å². The number of hydrogen-bond donors (Lipinski definition) is 2. The lowest BCUT2D eigenvalue weighted by Crippen LogP contribution is -2.02. The molecular formula is C6H7N2+. The average Bonchev–Trinajstić information content (AvgIpc) is 1.64. The first-order valence-corrected chi connectivity index (χ1v) is 2.32. The summed E-state index contributed by atoms with van der Waals surface area (Å²) in [4.78, 5) is 0. The third-order valence-corrected chi connectivity index (χ3v) is 0.848. The Bertz CT molecular complexity index is 172. The van der Waals surface area contributed by atoms with Gasteiger partial charge in [0.2, 0.25) is 5.70 Å². The van der Waals surface area contributed by atoms with Crippen LogP contribution in [0, 0.1) is 6.08 Å². The Morgan fingerprint density at radius 1 is 1.38 bits per heavy atom. The molecule has 2 nitrogen and oxygen atoms in total. The number of rotatable bonds is 0. The molecule has 2 heteroatoms. The monoisotopic (exact) mass is 107 g/mol. The summed E-state index contributed by atoms with van der Waals surface area (Å²) in [6.45, 7) is 0. The van der Waals surface area contributed by atoms with E-state index in [1.54, 1.807) is 18.2 Å². The molecule has 0 amide bonds. The first kappa shape index (κ1) is 4.88. The minimum atomic E-state index is 0.588. The fourth-order valence-electron chi connectivity index (χ4n) is 0.503. The Morgan fingerprint density at radius 3 is 2.50 bits per heavy atom. The summed E-state index contributed by atoms with van der Waals surface area (Å²) in [5.41, 5.74) is 12.0. The SMILES string of the molecule is NC1=[C+]C=CC(N)=C1. The van der Waals surface area contributed by atoms with Crippen LogP contribution < -0.4 is 11.5 Å². The highest BCUT2D eigenvalue weighted by Crippen LogP contribution is 1.98. The molecule has 0 saturated carbocycles. The van der Waals surface area contributed by atoms with Crippen LogP contribution in [0.25, 0.3) is 0 Å². The summed E-state index contributed by atoms with van der Waals surface area (Å²) < 4.78 is 0. The lowest BCUT2D eigenvalue weighted by Gasteiger charge is -1.86. The zero-order chi connectivity index (χ0) is 5.98. The molecular weight excluding hydrogens is 100 g/mol. The summed E-state index contributed by atoms with van der Waals surface area (Å²) in [6.07, 6.45) is 7.88. The number of nitrogens with two attached hydrogens (primary N) is 2. The molecule has 8 heavy (non-hydrogen) atoms. The molecule has 0 bridgehead atoms. The summed E-state index contributed by atoms with van der Waals surface area (Å²) in [5.74, 6) is 0. The zero-order valence-corrected chi connectivity index (χ0v) is 4.39. The van der Waals surface area contributed by atoms with Crippen LogP contribution in [0.2, 0.25) is 0 Å². The molecule has 40 valence electrons. The van der Waals surface area contributed by atoms with E-state index in [1.165, 1.54) is 0 Å². The van der Waals surface area contributed by atoms with Crippen molar-refractivity contribution in [3.63, 3.8) is 0 Å². The fourth-order valence-corrected chi connectivity index (χ4v) is 0.503. The highest BCUT2D eigenvalue weighted by Gasteiger charge is 2.00. The highest BCUT2D eigenvalue weighted by atomic mass is 14.6. The first-order chi connectivity index (χ1) is 3.79.